The lowest BCUT2D eigenvalue weighted by molar-refractivity contribution is -0.142. The zero-order valence-electron chi connectivity index (χ0n) is 17.4. The maximum Gasteiger partial charge on any atom is 0.302 e. The van der Waals surface area contributed by atoms with Crippen molar-refractivity contribution in [2.24, 2.45) is 0 Å². The molecule has 0 aromatic heterocycles. The molecule has 0 atom stereocenters. The lowest BCUT2D eigenvalue weighted by Crippen LogP contribution is -2.41. The molecule has 0 N–H and O–H groups in total. The Labute approximate surface area is 159 Å². The molecule has 0 saturated carbocycles. The number of ether oxygens (including phenoxy) is 5. The second kappa shape index (κ2) is 14.5. The molecule has 26 heavy (non-hydrogen) atoms. The number of hydrogen-bond acceptors (Lipinski definition) is 7. The third kappa shape index (κ3) is 14.6. The molecule has 0 rings (SSSR count). The van der Waals surface area contributed by atoms with Crippen LogP contribution in [0.3, 0.4) is 0 Å². The third-order valence-corrected chi connectivity index (χ3v) is 8.68. The van der Waals surface area contributed by atoms with Crippen LogP contribution in [0, 0.1) is 0 Å². The van der Waals surface area contributed by atoms with E-state index in [2.05, 4.69) is 33.9 Å². The second-order valence-corrected chi connectivity index (χ2v) is 12.2. The van der Waals surface area contributed by atoms with Gasteiger partial charge < -0.3 is 28.1 Å². The van der Waals surface area contributed by atoms with Gasteiger partial charge in [0, 0.05) is 6.92 Å². The molecule has 0 saturated heterocycles. The summed E-state index contributed by atoms with van der Waals surface area (Å²) in [7, 11) is -1.67. The summed E-state index contributed by atoms with van der Waals surface area (Å²) in [5, 5.41) is 0.226. The van der Waals surface area contributed by atoms with E-state index in [-0.39, 0.29) is 17.6 Å². The van der Waals surface area contributed by atoms with Crippen LogP contribution >= 0.6 is 0 Å². The summed E-state index contributed by atoms with van der Waals surface area (Å²) in [6, 6.07) is 0. The van der Waals surface area contributed by atoms with E-state index in [9.17, 15) is 4.79 Å². The molecular formula is C18H38O7Si. The Bertz CT molecular complexity index is 356. The van der Waals surface area contributed by atoms with Crippen molar-refractivity contribution in [2.75, 3.05) is 66.1 Å². The zero-order chi connectivity index (χ0) is 19.9. The lowest BCUT2D eigenvalue weighted by Gasteiger charge is -2.36. The van der Waals surface area contributed by atoms with Gasteiger partial charge in [-0.05, 0) is 18.1 Å². The Kier molecular flexibility index (Phi) is 14.2. The highest BCUT2D eigenvalue weighted by molar-refractivity contribution is 6.74. The van der Waals surface area contributed by atoms with Crippen molar-refractivity contribution in [3.8, 4) is 0 Å². The normalized spacial score (nSPS) is 12.4. The predicted molar refractivity (Wildman–Crippen MR) is 103 cm³/mol. The van der Waals surface area contributed by atoms with E-state index < -0.39 is 8.32 Å². The average Bonchev–Trinajstić information content (AvgIpc) is 2.53. The Hall–Kier alpha value is -0.513. The molecule has 0 fully saturated rings. The van der Waals surface area contributed by atoms with Crippen molar-refractivity contribution in [1.82, 2.24) is 0 Å². The van der Waals surface area contributed by atoms with E-state index in [4.69, 9.17) is 28.1 Å². The molecule has 156 valence electrons. The quantitative estimate of drug-likeness (QED) is 0.226. The summed E-state index contributed by atoms with van der Waals surface area (Å²) >= 11 is 0. The first-order valence-corrected chi connectivity index (χ1v) is 12.2. The summed E-state index contributed by atoms with van der Waals surface area (Å²) in [5.74, 6) is -0.297. The highest BCUT2D eigenvalue weighted by Gasteiger charge is 2.36. The van der Waals surface area contributed by atoms with Crippen molar-refractivity contribution in [2.45, 2.75) is 45.8 Å². The van der Waals surface area contributed by atoms with Gasteiger partial charge in [0.05, 0.1) is 59.5 Å². The van der Waals surface area contributed by atoms with Crippen LogP contribution in [0.15, 0.2) is 0 Å². The third-order valence-electron chi connectivity index (χ3n) is 4.15. The molecule has 7 nitrogen and oxygen atoms in total. The fourth-order valence-electron chi connectivity index (χ4n) is 1.58. The monoisotopic (exact) mass is 394 g/mol. The minimum absolute atomic E-state index is 0.226. The SMILES string of the molecule is CC(=O)OCCOCCOCCOCCOCCO[Si](C)(C)C(C)(C)C. The number of carbonyl (C=O) groups is 1. The molecule has 0 radical (unpaired) electrons. The average molecular weight is 395 g/mol. The second-order valence-electron chi connectivity index (χ2n) is 7.40. The minimum Gasteiger partial charge on any atom is -0.463 e. The Morgan fingerprint density at radius 2 is 1.04 bits per heavy atom. The summed E-state index contributed by atoms with van der Waals surface area (Å²) in [4.78, 5) is 10.5. The largest absolute Gasteiger partial charge is 0.463 e. The van der Waals surface area contributed by atoms with Gasteiger partial charge in [-0.3, -0.25) is 4.79 Å². The molecule has 0 amide bonds. The summed E-state index contributed by atoms with van der Waals surface area (Å²) in [6.45, 7) is 17.5. The van der Waals surface area contributed by atoms with Gasteiger partial charge in [0.1, 0.15) is 6.61 Å². The fraction of sp³-hybridized carbons (Fsp3) is 0.944. The predicted octanol–water partition coefficient (Wildman–Crippen LogP) is 2.64. The molecule has 0 unspecified atom stereocenters. The lowest BCUT2D eigenvalue weighted by atomic mass is 10.2. The molecule has 0 spiro atoms. The molecule has 0 aliphatic carbocycles. The van der Waals surface area contributed by atoms with Gasteiger partial charge in [-0.15, -0.1) is 0 Å². The van der Waals surface area contributed by atoms with E-state index >= 15 is 0 Å². The molecule has 0 aromatic rings. The molecule has 0 aliphatic heterocycles. The first-order chi connectivity index (χ1) is 12.2. The first-order valence-electron chi connectivity index (χ1n) is 9.25. The van der Waals surface area contributed by atoms with Crippen LogP contribution < -0.4 is 0 Å². The first kappa shape index (κ1) is 25.5. The molecule has 0 heterocycles. The number of hydrogen-bond donors (Lipinski definition) is 0. The Morgan fingerprint density at radius 1 is 0.692 bits per heavy atom. The van der Waals surface area contributed by atoms with Crippen molar-refractivity contribution in [3.63, 3.8) is 0 Å². The molecule has 0 bridgehead atoms. The van der Waals surface area contributed by atoms with Crippen molar-refractivity contribution >= 4 is 14.3 Å². The molecular weight excluding hydrogens is 356 g/mol. The van der Waals surface area contributed by atoms with Crippen LogP contribution in [0.4, 0.5) is 0 Å². The summed E-state index contributed by atoms with van der Waals surface area (Å²) < 4.78 is 32.3. The number of carbonyl (C=O) groups excluding carboxylic acids is 1. The topological polar surface area (TPSA) is 72.5 Å². The van der Waals surface area contributed by atoms with Gasteiger partial charge in [0.15, 0.2) is 8.32 Å². The van der Waals surface area contributed by atoms with E-state index in [0.29, 0.717) is 59.5 Å². The minimum atomic E-state index is -1.67. The van der Waals surface area contributed by atoms with Gasteiger partial charge in [0.25, 0.3) is 0 Å². The van der Waals surface area contributed by atoms with Crippen LogP contribution in [0.1, 0.15) is 27.7 Å². The molecule has 0 aromatic carbocycles. The van der Waals surface area contributed by atoms with Crippen molar-refractivity contribution in [3.05, 3.63) is 0 Å². The Morgan fingerprint density at radius 3 is 1.38 bits per heavy atom. The standard InChI is InChI=1S/C18H38O7Si/c1-17(19)24-15-13-22-11-9-20-7-8-21-10-12-23-14-16-25-26(5,6)18(2,3)4/h7-16H2,1-6H3. The van der Waals surface area contributed by atoms with E-state index in [1.807, 2.05) is 0 Å². The number of esters is 1. The van der Waals surface area contributed by atoms with Gasteiger partial charge >= 0.3 is 5.97 Å². The summed E-state index contributed by atoms with van der Waals surface area (Å²) in [6.07, 6.45) is 0. The summed E-state index contributed by atoms with van der Waals surface area (Å²) in [5.41, 5.74) is 0. The Balaban J connectivity index is 3.24. The maximum atomic E-state index is 10.5. The fourth-order valence-corrected chi connectivity index (χ4v) is 2.61. The van der Waals surface area contributed by atoms with E-state index in [0.717, 1.165) is 0 Å². The van der Waals surface area contributed by atoms with Crippen LogP contribution in [0.2, 0.25) is 18.1 Å². The van der Waals surface area contributed by atoms with Crippen LogP contribution in [-0.2, 0) is 32.9 Å². The van der Waals surface area contributed by atoms with Gasteiger partial charge in [-0.1, -0.05) is 20.8 Å². The van der Waals surface area contributed by atoms with Gasteiger partial charge in [-0.2, -0.15) is 0 Å². The van der Waals surface area contributed by atoms with E-state index in [1.165, 1.54) is 6.92 Å². The van der Waals surface area contributed by atoms with Crippen molar-refractivity contribution < 1.29 is 32.9 Å². The molecule has 8 heteroatoms. The van der Waals surface area contributed by atoms with Crippen LogP contribution in [-0.4, -0.2) is 80.4 Å². The number of rotatable bonds is 16. The zero-order valence-corrected chi connectivity index (χ0v) is 18.4. The van der Waals surface area contributed by atoms with Crippen LogP contribution in [0.5, 0.6) is 0 Å². The highest BCUT2D eigenvalue weighted by Crippen LogP contribution is 2.36. The molecule has 0 aliphatic rings. The maximum absolute atomic E-state index is 10.5. The van der Waals surface area contributed by atoms with Gasteiger partial charge in [0.2, 0.25) is 0 Å². The van der Waals surface area contributed by atoms with Gasteiger partial charge in [-0.25, -0.2) is 0 Å². The van der Waals surface area contributed by atoms with Crippen molar-refractivity contribution in [1.29, 1.82) is 0 Å². The highest BCUT2D eigenvalue weighted by atomic mass is 28.4. The van der Waals surface area contributed by atoms with E-state index in [1.54, 1.807) is 0 Å². The van der Waals surface area contributed by atoms with Crippen LogP contribution in [0.25, 0.3) is 0 Å². The smallest absolute Gasteiger partial charge is 0.302 e.